The number of piperazine rings is 1. The Balaban J connectivity index is 1.39. The number of hydrogen-bond donors (Lipinski definition) is 1. The molecule has 10 heteroatoms. The summed E-state index contributed by atoms with van der Waals surface area (Å²) in [5.41, 5.74) is 0.547. The molecule has 170 valence electrons. The predicted octanol–water partition coefficient (Wildman–Crippen LogP) is 1.68. The van der Waals surface area contributed by atoms with Crippen molar-refractivity contribution in [2.24, 2.45) is 5.92 Å². The summed E-state index contributed by atoms with van der Waals surface area (Å²) in [6, 6.07) is 4.91. The van der Waals surface area contributed by atoms with Gasteiger partial charge in [-0.2, -0.15) is 4.31 Å². The monoisotopic (exact) mass is 466 g/mol. The Morgan fingerprint density at radius 2 is 1.81 bits per heavy atom. The summed E-state index contributed by atoms with van der Waals surface area (Å²) < 4.78 is 27.8. The van der Waals surface area contributed by atoms with E-state index in [0.29, 0.717) is 31.6 Å². The second kappa shape index (κ2) is 9.09. The van der Waals surface area contributed by atoms with Crippen LogP contribution < -0.4 is 5.32 Å². The van der Waals surface area contributed by atoms with E-state index in [2.05, 4.69) is 17.1 Å². The van der Waals surface area contributed by atoms with Crippen LogP contribution in [0.2, 0.25) is 0 Å². The van der Waals surface area contributed by atoms with E-state index < -0.39 is 10.0 Å². The van der Waals surface area contributed by atoms with Crippen molar-refractivity contribution in [3.8, 4) is 0 Å². The highest BCUT2D eigenvalue weighted by molar-refractivity contribution is 8.01. The molecule has 0 unspecified atom stereocenters. The summed E-state index contributed by atoms with van der Waals surface area (Å²) in [5.74, 6) is -0.0677. The number of anilines is 1. The summed E-state index contributed by atoms with van der Waals surface area (Å²) in [6.07, 6.45) is 1.09. The molecule has 0 radical (unpaired) electrons. The van der Waals surface area contributed by atoms with Gasteiger partial charge >= 0.3 is 0 Å². The quantitative estimate of drug-likeness (QED) is 0.726. The highest BCUT2D eigenvalue weighted by Crippen LogP contribution is 2.37. The third-order valence-corrected chi connectivity index (χ3v) is 9.53. The molecule has 0 spiro atoms. The largest absolute Gasteiger partial charge is 0.340 e. The van der Waals surface area contributed by atoms with E-state index in [1.54, 1.807) is 18.2 Å². The van der Waals surface area contributed by atoms with Gasteiger partial charge in [0.05, 0.1) is 15.8 Å². The van der Waals surface area contributed by atoms with E-state index in [-0.39, 0.29) is 27.9 Å². The highest BCUT2D eigenvalue weighted by Gasteiger charge is 2.35. The van der Waals surface area contributed by atoms with Crippen LogP contribution in [0.5, 0.6) is 0 Å². The molecule has 1 N–H and O–H groups in total. The van der Waals surface area contributed by atoms with E-state index in [0.717, 1.165) is 37.6 Å². The number of sulfonamides is 1. The predicted molar refractivity (Wildman–Crippen MR) is 121 cm³/mol. The zero-order chi connectivity index (χ0) is 22.2. The minimum atomic E-state index is -3.67. The van der Waals surface area contributed by atoms with Crippen molar-refractivity contribution in [1.82, 2.24) is 14.1 Å². The van der Waals surface area contributed by atoms with Gasteiger partial charge in [0.25, 0.3) is 0 Å². The molecule has 31 heavy (non-hydrogen) atoms. The molecule has 0 aromatic heterocycles. The lowest BCUT2D eigenvalue weighted by molar-refractivity contribution is -0.138. The van der Waals surface area contributed by atoms with Crippen molar-refractivity contribution in [2.45, 2.75) is 41.7 Å². The van der Waals surface area contributed by atoms with Crippen LogP contribution in [0.25, 0.3) is 0 Å². The standard InChI is InChI=1S/C21H30N4O4S2/c1-3-23-10-12-24(13-11-23)21(27)16-6-8-25(9-7-16)31(28,29)17-4-5-19-18(14-17)22-20(26)15(2)30-19/h4-5,14-16H,3,6-13H2,1-2H3,(H,22,26)/t15-/m0/s1. The van der Waals surface area contributed by atoms with Gasteiger partial charge in [-0.1, -0.05) is 6.92 Å². The first-order valence-corrected chi connectivity index (χ1v) is 13.2. The zero-order valence-electron chi connectivity index (χ0n) is 18.0. The molecule has 8 nitrogen and oxygen atoms in total. The van der Waals surface area contributed by atoms with Gasteiger partial charge < -0.3 is 15.1 Å². The summed E-state index contributed by atoms with van der Waals surface area (Å²) in [6.45, 7) is 8.94. The van der Waals surface area contributed by atoms with E-state index in [9.17, 15) is 18.0 Å². The summed E-state index contributed by atoms with van der Waals surface area (Å²) >= 11 is 1.43. The number of fused-ring (bicyclic) bond motifs is 1. The SMILES string of the molecule is CCN1CCN(C(=O)C2CCN(S(=O)(=O)c3ccc4c(c3)NC(=O)[C@H](C)S4)CC2)CC1. The smallest absolute Gasteiger partial charge is 0.243 e. The van der Waals surface area contributed by atoms with Crippen LogP contribution in [0, 0.1) is 5.92 Å². The fourth-order valence-corrected chi connectivity index (χ4v) is 6.81. The molecule has 1 atom stereocenters. The average Bonchev–Trinajstić information content (AvgIpc) is 2.79. The van der Waals surface area contributed by atoms with Crippen molar-refractivity contribution in [3.63, 3.8) is 0 Å². The van der Waals surface area contributed by atoms with Crippen LogP contribution in [-0.4, -0.2) is 85.4 Å². The van der Waals surface area contributed by atoms with Gasteiger partial charge in [0.15, 0.2) is 0 Å². The first kappa shape index (κ1) is 22.6. The summed E-state index contributed by atoms with van der Waals surface area (Å²) in [7, 11) is -3.67. The molecule has 3 aliphatic rings. The van der Waals surface area contributed by atoms with Gasteiger partial charge in [-0.3, -0.25) is 9.59 Å². The Kier molecular flexibility index (Phi) is 6.62. The van der Waals surface area contributed by atoms with Crippen LogP contribution in [0.4, 0.5) is 5.69 Å². The molecule has 2 saturated heterocycles. The van der Waals surface area contributed by atoms with E-state index in [4.69, 9.17) is 0 Å². The number of piperidine rings is 1. The number of benzene rings is 1. The zero-order valence-corrected chi connectivity index (χ0v) is 19.7. The highest BCUT2D eigenvalue weighted by atomic mass is 32.2. The second-order valence-corrected chi connectivity index (χ2v) is 11.7. The number of nitrogens with zero attached hydrogens (tertiary/aromatic N) is 3. The van der Waals surface area contributed by atoms with E-state index in [1.807, 2.05) is 11.8 Å². The molecule has 1 aromatic carbocycles. The lowest BCUT2D eigenvalue weighted by Crippen LogP contribution is -2.51. The molecule has 1 aromatic rings. The lowest BCUT2D eigenvalue weighted by atomic mass is 9.96. The summed E-state index contributed by atoms with van der Waals surface area (Å²) in [5, 5.41) is 2.60. The van der Waals surface area contributed by atoms with Gasteiger partial charge in [-0.05, 0) is 44.5 Å². The first-order valence-electron chi connectivity index (χ1n) is 10.9. The second-order valence-electron chi connectivity index (χ2n) is 8.35. The maximum absolute atomic E-state index is 13.2. The number of thioether (sulfide) groups is 1. The molecule has 2 fully saturated rings. The molecular formula is C21H30N4O4S2. The normalized spacial score (nSPS) is 24.0. The Morgan fingerprint density at radius 3 is 2.45 bits per heavy atom. The number of hydrogen-bond acceptors (Lipinski definition) is 6. The third-order valence-electron chi connectivity index (χ3n) is 6.45. The Labute approximate surface area is 188 Å². The third kappa shape index (κ3) is 4.62. The van der Waals surface area contributed by atoms with Crippen molar-refractivity contribution >= 4 is 39.3 Å². The topological polar surface area (TPSA) is 90.0 Å². The molecule has 2 amide bonds. The average molecular weight is 467 g/mol. The minimum absolute atomic E-state index is 0.111. The minimum Gasteiger partial charge on any atom is -0.340 e. The van der Waals surface area contributed by atoms with Crippen molar-refractivity contribution in [1.29, 1.82) is 0 Å². The van der Waals surface area contributed by atoms with Crippen LogP contribution in [0.3, 0.4) is 0 Å². The van der Waals surface area contributed by atoms with Crippen molar-refractivity contribution in [3.05, 3.63) is 18.2 Å². The van der Waals surface area contributed by atoms with Crippen molar-refractivity contribution < 1.29 is 18.0 Å². The van der Waals surface area contributed by atoms with E-state index >= 15 is 0 Å². The van der Waals surface area contributed by atoms with E-state index in [1.165, 1.54) is 16.1 Å². The number of amides is 2. The molecule has 3 heterocycles. The molecule has 4 rings (SSSR count). The molecule has 0 bridgehead atoms. The van der Waals surface area contributed by atoms with Gasteiger partial charge in [0, 0.05) is 50.1 Å². The fourth-order valence-electron chi connectivity index (χ4n) is 4.38. The number of likely N-dealkylation sites (N-methyl/N-ethyl adjacent to an activating group) is 1. The van der Waals surface area contributed by atoms with Crippen LogP contribution in [0.15, 0.2) is 28.0 Å². The number of carbonyl (C=O) groups is 2. The molecular weight excluding hydrogens is 436 g/mol. The number of nitrogens with one attached hydrogen (secondary N) is 1. The Hall–Kier alpha value is -1.62. The molecule has 0 aliphatic carbocycles. The van der Waals surface area contributed by atoms with Gasteiger partial charge in [-0.25, -0.2) is 8.42 Å². The van der Waals surface area contributed by atoms with Gasteiger partial charge in [0.1, 0.15) is 0 Å². The number of rotatable bonds is 4. The number of carbonyl (C=O) groups excluding carboxylic acids is 2. The first-order chi connectivity index (χ1) is 14.8. The fraction of sp³-hybridized carbons (Fsp3) is 0.619. The lowest BCUT2D eigenvalue weighted by Gasteiger charge is -2.38. The van der Waals surface area contributed by atoms with Gasteiger partial charge in [0.2, 0.25) is 21.8 Å². The van der Waals surface area contributed by atoms with Crippen LogP contribution in [0.1, 0.15) is 26.7 Å². The Morgan fingerprint density at radius 1 is 1.13 bits per heavy atom. The van der Waals surface area contributed by atoms with Gasteiger partial charge in [-0.15, -0.1) is 11.8 Å². The Bertz CT molecular complexity index is 952. The van der Waals surface area contributed by atoms with Crippen LogP contribution in [-0.2, 0) is 19.6 Å². The van der Waals surface area contributed by atoms with Crippen molar-refractivity contribution in [2.75, 3.05) is 51.1 Å². The summed E-state index contributed by atoms with van der Waals surface area (Å²) in [4.78, 5) is 30.2. The maximum Gasteiger partial charge on any atom is 0.243 e. The molecule has 0 saturated carbocycles. The van der Waals surface area contributed by atoms with Crippen LogP contribution >= 0.6 is 11.8 Å². The molecule has 3 aliphatic heterocycles. The maximum atomic E-state index is 13.2.